The van der Waals surface area contributed by atoms with Gasteiger partial charge in [-0.25, -0.2) is 8.42 Å². The fourth-order valence-corrected chi connectivity index (χ4v) is 3.15. The van der Waals surface area contributed by atoms with E-state index in [9.17, 15) is 21.6 Å². The third-order valence-electron chi connectivity index (χ3n) is 1.76. The van der Waals surface area contributed by atoms with Crippen molar-refractivity contribution in [2.24, 2.45) is 5.73 Å². The van der Waals surface area contributed by atoms with Crippen LogP contribution in [-0.2, 0) is 9.84 Å². The molecule has 0 aliphatic carbocycles. The number of hydrogen-bond acceptors (Lipinski definition) is 3. The van der Waals surface area contributed by atoms with Gasteiger partial charge in [-0.05, 0) is 6.42 Å². The molecule has 2 atom stereocenters. The maximum atomic E-state index is 12.0. The van der Waals surface area contributed by atoms with Crippen molar-refractivity contribution in [1.82, 2.24) is 0 Å². The second kappa shape index (κ2) is 3.62. The molecule has 1 rings (SSSR count). The highest BCUT2D eigenvalue weighted by Crippen LogP contribution is 2.33. The van der Waals surface area contributed by atoms with E-state index in [1.54, 1.807) is 0 Å². The van der Waals surface area contributed by atoms with Gasteiger partial charge in [-0.15, -0.1) is 12.4 Å². The average Bonchev–Trinajstić information content (AvgIpc) is 2.02. The molecular formula is C5H9ClF3NO2S. The van der Waals surface area contributed by atoms with E-state index in [1.165, 1.54) is 0 Å². The monoisotopic (exact) mass is 239 g/mol. The van der Waals surface area contributed by atoms with Crippen LogP contribution >= 0.6 is 12.4 Å². The molecule has 0 amide bonds. The third kappa shape index (κ3) is 2.72. The van der Waals surface area contributed by atoms with E-state index in [0.717, 1.165) is 0 Å². The molecule has 1 heterocycles. The molecule has 2 N–H and O–H groups in total. The summed E-state index contributed by atoms with van der Waals surface area (Å²) in [5.41, 5.74) is 5.12. The number of hydrogen-bond donors (Lipinski definition) is 1. The lowest BCUT2D eigenvalue weighted by atomic mass is 10.2. The minimum Gasteiger partial charge on any atom is -0.327 e. The zero-order chi connectivity index (χ0) is 9.57. The lowest BCUT2D eigenvalue weighted by molar-refractivity contribution is -0.130. The summed E-state index contributed by atoms with van der Waals surface area (Å²) in [5.74, 6) is -0.558. The standard InChI is InChI=1S/C5H8F3NO2S.ClH/c6-5(7,8)4-1-3(9)2-12(4,10)11;/h3-4H,1-2,9H2;1H/t3-,4+;/m1./s1. The summed E-state index contributed by atoms with van der Waals surface area (Å²) >= 11 is 0. The van der Waals surface area contributed by atoms with Crippen LogP contribution in [0.2, 0.25) is 0 Å². The van der Waals surface area contributed by atoms with Crippen LogP contribution in [0.15, 0.2) is 0 Å². The second-order valence-electron chi connectivity index (χ2n) is 2.86. The summed E-state index contributed by atoms with van der Waals surface area (Å²) < 4.78 is 57.6. The van der Waals surface area contributed by atoms with Crippen LogP contribution in [0.4, 0.5) is 13.2 Å². The van der Waals surface area contributed by atoms with Crippen LogP contribution in [-0.4, -0.2) is 31.6 Å². The fourth-order valence-electron chi connectivity index (χ4n) is 1.24. The summed E-state index contributed by atoms with van der Waals surface area (Å²) in [4.78, 5) is 0. The van der Waals surface area contributed by atoms with Crippen LogP contribution in [0.5, 0.6) is 0 Å². The first-order valence-corrected chi connectivity index (χ1v) is 4.99. The lowest BCUT2D eigenvalue weighted by Crippen LogP contribution is -2.33. The van der Waals surface area contributed by atoms with Crippen molar-refractivity contribution in [3.63, 3.8) is 0 Å². The molecule has 0 aromatic heterocycles. The van der Waals surface area contributed by atoms with Gasteiger partial charge < -0.3 is 5.73 Å². The highest BCUT2D eigenvalue weighted by Gasteiger charge is 2.53. The van der Waals surface area contributed by atoms with E-state index in [4.69, 9.17) is 5.73 Å². The van der Waals surface area contributed by atoms with Crippen molar-refractivity contribution in [2.75, 3.05) is 5.75 Å². The van der Waals surface area contributed by atoms with Crippen LogP contribution in [0.1, 0.15) is 6.42 Å². The molecule has 3 nitrogen and oxygen atoms in total. The summed E-state index contributed by atoms with van der Waals surface area (Å²) in [7, 11) is -4.04. The molecule has 1 saturated heterocycles. The highest BCUT2D eigenvalue weighted by molar-refractivity contribution is 7.92. The topological polar surface area (TPSA) is 60.2 Å². The van der Waals surface area contributed by atoms with Gasteiger partial charge in [0.15, 0.2) is 15.1 Å². The van der Waals surface area contributed by atoms with E-state index in [0.29, 0.717) is 0 Å². The van der Waals surface area contributed by atoms with Gasteiger partial charge in [-0.2, -0.15) is 13.2 Å². The van der Waals surface area contributed by atoms with Gasteiger partial charge >= 0.3 is 6.18 Å². The largest absolute Gasteiger partial charge is 0.405 e. The molecule has 13 heavy (non-hydrogen) atoms. The molecule has 1 fully saturated rings. The van der Waals surface area contributed by atoms with Crippen LogP contribution in [0.3, 0.4) is 0 Å². The van der Waals surface area contributed by atoms with Crippen molar-refractivity contribution in [1.29, 1.82) is 0 Å². The molecule has 0 aromatic rings. The van der Waals surface area contributed by atoms with Crippen molar-refractivity contribution in [3.05, 3.63) is 0 Å². The van der Waals surface area contributed by atoms with Crippen LogP contribution in [0.25, 0.3) is 0 Å². The van der Waals surface area contributed by atoms with E-state index in [2.05, 4.69) is 0 Å². The maximum absolute atomic E-state index is 12.0. The zero-order valence-electron chi connectivity index (χ0n) is 6.41. The molecule has 0 spiro atoms. The van der Waals surface area contributed by atoms with Gasteiger partial charge in [-0.1, -0.05) is 0 Å². The zero-order valence-corrected chi connectivity index (χ0v) is 8.05. The van der Waals surface area contributed by atoms with Crippen molar-refractivity contribution in [3.8, 4) is 0 Å². The number of halogens is 4. The highest BCUT2D eigenvalue weighted by atomic mass is 35.5. The van der Waals surface area contributed by atoms with Gasteiger partial charge in [-0.3, -0.25) is 0 Å². The lowest BCUT2D eigenvalue weighted by Gasteiger charge is -2.12. The predicted molar refractivity (Wildman–Crippen MR) is 43.5 cm³/mol. The fraction of sp³-hybridized carbons (Fsp3) is 1.00. The van der Waals surface area contributed by atoms with Crippen LogP contribution < -0.4 is 5.73 Å². The van der Waals surface area contributed by atoms with Crippen molar-refractivity contribution in [2.45, 2.75) is 23.9 Å². The second-order valence-corrected chi connectivity index (χ2v) is 5.08. The summed E-state index contributed by atoms with van der Waals surface area (Å²) in [6, 6.07) is -0.873. The van der Waals surface area contributed by atoms with Gasteiger partial charge in [0.25, 0.3) is 0 Å². The Morgan fingerprint density at radius 3 is 1.92 bits per heavy atom. The minimum atomic E-state index is -4.67. The summed E-state index contributed by atoms with van der Waals surface area (Å²) in [5, 5.41) is -2.25. The first-order valence-electron chi connectivity index (χ1n) is 3.27. The molecule has 80 valence electrons. The Hall–Kier alpha value is -0.0100. The SMILES string of the molecule is Cl.N[C@@H]1C[C@@H](C(F)(F)F)S(=O)(=O)C1. The Labute approximate surface area is 79.8 Å². The first kappa shape index (κ1) is 13.0. The third-order valence-corrected chi connectivity index (χ3v) is 3.98. The number of alkyl halides is 3. The van der Waals surface area contributed by atoms with Gasteiger partial charge in [0.2, 0.25) is 0 Å². The Morgan fingerprint density at radius 1 is 1.31 bits per heavy atom. The normalized spacial score (nSPS) is 32.6. The molecular weight excluding hydrogens is 231 g/mol. The average molecular weight is 240 g/mol. The molecule has 0 aromatic carbocycles. The van der Waals surface area contributed by atoms with Crippen LogP contribution in [0, 0.1) is 0 Å². The molecule has 0 bridgehead atoms. The van der Waals surface area contributed by atoms with E-state index < -0.39 is 39.5 Å². The van der Waals surface area contributed by atoms with Crippen molar-refractivity contribution >= 4 is 22.2 Å². The van der Waals surface area contributed by atoms with E-state index in [-0.39, 0.29) is 12.4 Å². The predicted octanol–water partition coefficient (Wildman–Crippen LogP) is 0.485. The molecule has 0 saturated carbocycles. The van der Waals surface area contributed by atoms with E-state index in [1.807, 2.05) is 0 Å². The maximum Gasteiger partial charge on any atom is 0.405 e. The van der Waals surface area contributed by atoms with E-state index >= 15 is 0 Å². The molecule has 0 unspecified atom stereocenters. The molecule has 1 aliphatic rings. The Bertz CT molecular complexity index is 276. The smallest absolute Gasteiger partial charge is 0.327 e. The van der Waals surface area contributed by atoms with Gasteiger partial charge in [0, 0.05) is 6.04 Å². The summed E-state index contributed by atoms with van der Waals surface area (Å²) in [6.45, 7) is 0. The molecule has 0 radical (unpaired) electrons. The minimum absolute atomic E-state index is 0. The van der Waals surface area contributed by atoms with Gasteiger partial charge in [0.1, 0.15) is 0 Å². The quantitative estimate of drug-likeness (QED) is 0.669. The first-order chi connectivity index (χ1) is 5.23. The molecule has 8 heteroatoms. The number of rotatable bonds is 0. The number of nitrogens with two attached hydrogens (primary N) is 1. The Balaban J connectivity index is 0.00000144. The van der Waals surface area contributed by atoms with Crippen molar-refractivity contribution < 1.29 is 21.6 Å². The number of sulfone groups is 1. The molecule has 1 aliphatic heterocycles. The Kier molecular flexibility index (Phi) is 3.62. The Morgan fingerprint density at radius 2 is 1.77 bits per heavy atom. The van der Waals surface area contributed by atoms with Gasteiger partial charge in [0.05, 0.1) is 5.75 Å². The summed E-state index contributed by atoms with van der Waals surface area (Å²) in [6.07, 6.45) is -5.18.